The minimum Gasteiger partial charge on any atom is -0.479 e. The molecule has 80 valence electrons. The molecular weight excluding hydrogens is 186 g/mol. The van der Waals surface area contributed by atoms with Gasteiger partial charge in [-0.3, -0.25) is 4.79 Å². The number of rotatable bonds is 4. The molecular formula is C9H15NO4. The molecule has 1 saturated heterocycles. The number of hydrogen-bond donors (Lipinski definition) is 2. The molecule has 0 aliphatic carbocycles. The molecule has 0 spiro atoms. The van der Waals surface area contributed by atoms with Gasteiger partial charge in [-0.25, -0.2) is 4.79 Å². The highest BCUT2D eigenvalue weighted by molar-refractivity contribution is 5.87. The minimum atomic E-state index is -1.19. The predicted octanol–water partition coefficient (Wildman–Crippen LogP) is 0.146. The van der Waals surface area contributed by atoms with Gasteiger partial charge in [0.2, 0.25) is 5.91 Å². The molecule has 0 aromatic carbocycles. The predicted molar refractivity (Wildman–Crippen MR) is 48.9 cm³/mol. The number of carbonyl (C=O) groups is 2. The van der Waals surface area contributed by atoms with Crippen LogP contribution in [0.25, 0.3) is 0 Å². The van der Waals surface area contributed by atoms with Gasteiger partial charge >= 0.3 is 5.97 Å². The Morgan fingerprint density at radius 1 is 1.57 bits per heavy atom. The third kappa shape index (κ3) is 2.23. The fourth-order valence-corrected chi connectivity index (χ4v) is 1.44. The minimum absolute atomic E-state index is 0.0672. The van der Waals surface area contributed by atoms with Gasteiger partial charge < -0.3 is 15.2 Å². The topological polar surface area (TPSA) is 75.6 Å². The van der Waals surface area contributed by atoms with Crippen LogP contribution in [0.2, 0.25) is 0 Å². The second-order valence-electron chi connectivity index (χ2n) is 3.49. The van der Waals surface area contributed by atoms with Crippen LogP contribution in [0.3, 0.4) is 0 Å². The Bertz CT molecular complexity index is 233. The van der Waals surface area contributed by atoms with E-state index < -0.39 is 11.5 Å². The molecule has 5 heteroatoms. The number of amides is 1. The summed E-state index contributed by atoms with van der Waals surface area (Å²) in [4.78, 5) is 22.2. The highest BCUT2D eigenvalue weighted by Gasteiger charge is 2.43. The zero-order chi connectivity index (χ0) is 10.6. The zero-order valence-corrected chi connectivity index (χ0v) is 8.21. The van der Waals surface area contributed by atoms with E-state index in [9.17, 15) is 9.59 Å². The number of hydrogen-bond acceptors (Lipinski definition) is 3. The second kappa shape index (κ2) is 4.41. The summed E-state index contributed by atoms with van der Waals surface area (Å²) in [7, 11) is 0. The molecule has 1 atom stereocenters. The van der Waals surface area contributed by atoms with Crippen molar-refractivity contribution in [3.8, 4) is 0 Å². The fourth-order valence-electron chi connectivity index (χ4n) is 1.44. The average molecular weight is 201 g/mol. The Balaban J connectivity index is 2.60. The van der Waals surface area contributed by atoms with Gasteiger partial charge in [-0.15, -0.1) is 0 Å². The van der Waals surface area contributed by atoms with Gasteiger partial charge in [0.1, 0.15) is 0 Å². The van der Waals surface area contributed by atoms with Gasteiger partial charge in [0.05, 0.1) is 6.61 Å². The van der Waals surface area contributed by atoms with Crippen LogP contribution in [-0.2, 0) is 14.3 Å². The van der Waals surface area contributed by atoms with Gasteiger partial charge in [-0.1, -0.05) is 6.92 Å². The Labute approximate surface area is 82.4 Å². The van der Waals surface area contributed by atoms with Crippen molar-refractivity contribution >= 4 is 11.9 Å². The smallest absolute Gasteiger partial charge is 0.331 e. The van der Waals surface area contributed by atoms with Crippen molar-refractivity contribution in [2.24, 2.45) is 0 Å². The molecule has 1 unspecified atom stereocenters. The lowest BCUT2D eigenvalue weighted by atomic mass is 9.99. The van der Waals surface area contributed by atoms with Crippen LogP contribution in [0.1, 0.15) is 26.2 Å². The molecule has 1 amide bonds. The molecule has 1 fully saturated rings. The van der Waals surface area contributed by atoms with E-state index in [0.717, 1.165) is 0 Å². The largest absolute Gasteiger partial charge is 0.479 e. The Kier molecular flexibility index (Phi) is 3.46. The van der Waals surface area contributed by atoms with Gasteiger partial charge in [-0.2, -0.15) is 0 Å². The maximum atomic E-state index is 11.3. The van der Waals surface area contributed by atoms with Gasteiger partial charge in [0.25, 0.3) is 0 Å². The van der Waals surface area contributed by atoms with Crippen LogP contribution in [0, 0.1) is 0 Å². The quantitative estimate of drug-likeness (QED) is 0.678. The summed E-state index contributed by atoms with van der Waals surface area (Å²) < 4.78 is 5.01. The van der Waals surface area contributed by atoms with E-state index in [1.165, 1.54) is 0 Å². The molecule has 0 bridgehead atoms. The molecule has 5 nitrogen and oxygen atoms in total. The van der Waals surface area contributed by atoms with Crippen molar-refractivity contribution in [3.05, 3.63) is 0 Å². The van der Waals surface area contributed by atoms with Crippen LogP contribution in [0.5, 0.6) is 0 Å². The average Bonchev–Trinajstić information content (AvgIpc) is 2.54. The first-order chi connectivity index (χ1) is 6.60. The summed E-state index contributed by atoms with van der Waals surface area (Å²) in [6, 6.07) is 0. The van der Waals surface area contributed by atoms with Crippen LogP contribution in [-0.4, -0.2) is 35.7 Å². The lowest BCUT2D eigenvalue weighted by Crippen LogP contribution is -2.55. The molecule has 2 N–H and O–H groups in total. The van der Waals surface area contributed by atoms with Crippen LogP contribution < -0.4 is 5.32 Å². The first-order valence-corrected chi connectivity index (χ1v) is 4.73. The molecule has 1 aliphatic rings. The number of aliphatic carboxylic acids is 1. The summed E-state index contributed by atoms with van der Waals surface area (Å²) in [6.45, 7) is 2.33. The maximum absolute atomic E-state index is 11.3. The molecule has 0 aromatic heterocycles. The summed E-state index contributed by atoms with van der Waals surface area (Å²) in [5.74, 6) is -1.24. The lowest BCUT2D eigenvalue weighted by molar-refractivity contribution is -0.147. The third-order valence-electron chi connectivity index (χ3n) is 2.29. The van der Waals surface area contributed by atoms with Crippen molar-refractivity contribution in [2.45, 2.75) is 31.7 Å². The van der Waals surface area contributed by atoms with E-state index in [0.29, 0.717) is 25.9 Å². The summed E-state index contributed by atoms with van der Waals surface area (Å²) in [5, 5.41) is 11.5. The molecule has 0 saturated carbocycles. The number of carbonyl (C=O) groups excluding carboxylic acids is 1. The highest BCUT2D eigenvalue weighted by atomic mass is 16.5. The van der Waals surface area contributed by atoms with Crippen LogP contribution in [0.15, 0.2) is 0 Å². The number of nitrogens with one attached hydrogen (secondary N) is 1. The van der Waals surface area contributed by atoms with E-state index in [1.54, 1.807) is 0 Å². The monoisotopic (exact) mass is 201 g/mol. The van der Waals surface area contributed by atoms with E-state index in [1.807, 2.05) is 6.92 Å². The standard InChI is InChI=1S/C9H15NO4/c1-2-3-7(11)10-9(8(12)13)4-5-14-6-9/h2-6H2,1H3,(H,10,11)(H,12,13). The van der Waals surface area contributed by atoms with Crippen molar-refractivity contribution < 1.29 is 19.4 Å². The molecule has 1 rings (SSSR count). The van der Waals surface area contributed by atoms with E-state index in [2.05, 4.69) is 5.32 Å². The Hall–Kier alpha value is -1.10. The van der Waals surface area contributed by atoms with Crippen molar-refractivity contribution in [1.82, 2.24) is 5.32 Å². The van der Waals surface area contributed by atoms with Crippen LogP contribution in [0.4, 0.5) is 0 Å². The molecule has 0 radical (unpaired) electrons. The summed E-state index contributed by atoms with van der Waals surface area (Å²) in [6.07, 6.45) is 1.41. The maximum Gasteiger partial charge on any atom is 0.331 e. The van der Waals surface area contributed by atoms with Gasteiger partial charge in [-0.05, 0) is 6.42 Å². The molecule has 14 heavy (non-hydrogen) atoms. The second-order valence-corrected chi connectivity index (χ2v) is 3.49. The molecule has 1 heterocycles. The van der Waals surface area contributed by atoms with Crippen molar-refractivity contribution in [3.63, 3.8) is 0 Å². The molecule has 1 aliphatic heterocycles. The summed E-state index contributed by atoms with van der Waals surface area (Å²) >= 11 is 0. The van der Waals surface area contributed by atoms with E-state index >= 15 is 0 Å². The summed E-state index contributed by atoms with van der Waals surface area (Å²) in [5.41, 5.74) is -1.19. The first kappa shape index (κ1) is 11.0. The lowest BCUT2D eigenvalue weighted by Gasteiger charge is -2.23. The fraction of sp³-hybridized carbons (Fsp3) is 0.778. The van der Waals surface area contributed by atoms with E-state index in [4.69, 9.17) is 9.84 Å². The Morgan fingerprint density at radius 2 is 2.29 bits per heavy atom. The first-order valence-electron chi connectivity index (χ1n) is 4.73. The van der Waals surface area contributed by atoms with Crippen LogP contribution >= 0.6 is 0 Å². The highest BCUT2D eigenvalue weighted by Crippen LogP contribution is 2.19. The Morgan fingerprint density at radius 3 is 2.71 bits per heavy atom. The van der Waals surface area contributed by atoms with Crippen molar-refractivity contribution in [1.29, 1.82) is 0 Å². The van der Waals surface area contributed by atoms with Crippen molar-refractivity contribution in [2.75, 3.05) is 13.2 Å². The zero-order valence-electron chi connectivity index (χ0n) is 8.21. The third-order valence-corrected chi connectivity index (χ3v) is 2.29. The number of carboxylic acid groups (broad SMARTS) is 1. The number of ether oxygens (including phenoxy) is 1. The number of carboxylic acids is 1. The van der Waals surface area contributed by atoms with Gasteiger partial charge in [0.15, 0.2) is 5.54 Å². The van der Waals surface area contributed by atoms with Gasteiger partial charge in [0, 0.05) is 19.4 Å². The molecule has 0 aromatic rings. The SMILES string of the molecule is CCCC(=O)NC1(C(=O)O)CCOC1. The van der Waals surface area contributed by atoms with E-state index in [-0.39, 0.29) is 12.5 Å². The normalized spacial score (nSPS) is 26.1.